The van der Waals surface area contributed by atoms with Crippen molar-refractivity contribution < 1.29 is 14.3 Å². The first-order valence-electron chi connectivity index (χ1n) is 8.82. The number of hydrogen-bond acceptors (Lipinski definition) is 4. The number of hydrogen-bond donors (Lipinski definition) is 0. The van der Waals surface area contributed by atoms with Gasteiger partial charge >= 0.3 is 5.97 Å². The second kappa shape index (κ2) is 7.13. The van der Waals surface area contributed by atoms with Gasteiger partial charge in [-0.3, -0.25) is 0 Å². The van der Waals surface area contributed by atoms with Crippen LogP contribution in [-0.2, 0) is 9.53 Å². The molecule has 1 aliphatic rings. The first kappa shape index (κ1) is 18.3. The lowest BCUT2D eigenvalue weighted by Gasteiger charge is -2.06. The number of aromatic nitrogens is 1. The number of pyridine rings is 1. The number of carbonyl (C=O) groups excluding carboxylic acids is 1. The molecule has 0 saturated heterocycles. The molecule has 140 valence electrons. The fourth-order valence-corrected chi connectivity index (χ4v) is 3.46. The normalized spacial score (nSPS) is 15.1. The van der Waals surface area contributed by atoms with E-state index in [-0.39, 0.29) is 0 Å². The summed E-state index contributed by atoms with van der Waals surface area (Å²) >= 11 is 6.34. The van der Waals surface area contributed by atoms with Crippen LogP contribution in [-0.4, -0.2) is 18.1 Å². The van der Waals surface area contributed by atoms with Crippen molar-refractivity contribution in [3.63, 3.8) is 0 Å². The fraction of sp³-hybridized carbons (Fsp3) is 0.130. The van der Waals surface area contributed by atoms with Crippen molar-refractivity contribution in [2.45, 2.75) is 13.8 Å². The SMILES string of the molecule is COc1ccc2nc(Cl)c(/C=C3/C=C(c4ccc(C)cc4C)OC3=O)cc2c1. The number of benzene rings is 2. The molecule has 0 aliphatic carbocycles. The van der Waals surface area contributed by atoms with Crippen LogP contribution in [0.3, 0.4) is 0 Å². The van der Waals surface area contributed by atoms with Gasteiger partial charge in [0.25, 0.3) is 0 Å². The van der Waals surface area contributed by atoms with Crippen molar-refractivity contribution >= 4 is 40.3 Å². The van der Waals surface area contributed by atoms with Gasteiger partial charge in [0.2, 0.25) is 0 Å². The van der Waals surface area contributed by atoms with Crippen LogP contribution in [0.4, 0.5) is 0 Å². The number of cyclic esters (lactones) is 1. The summed E-state index contributed by atoms with van der Waals surface area (Å²) in [5, 5.41) is 1.20. The number of carbonyl (C=O) groups is 1. The Bertz CT molecular complexity index is 1180. The zero-order chi connectivity index (χ0) is 19.8. The number of nitrogens with zero attached hydrogens (tertiary/aromatic N) is 1. The number of ether oxygens (including phenoxy) is 2. The molecule has 5 heteroatoms. The topological polar surface area (TPSA) is 48.4 Å². The molecule has 2 aromatic carbocycles. The van der Waals surface area contributed by atoms with E-state index in [2.05, 4.69) is 11.1 Å². The maximum absolute atomic E-state index is 12.4. The van der Waals surface area contributed by atoms with Crippen LogP contribution in [0.2, 0.25) is 5.15 Å². The summed E-state index contributed by atoms with van der Waals surface area (Å²) in [6.07, 6.45) is 3.44. The summed E-state index contributed by atoms with van der Waals surface area (Å²) in [4.78, 5) is 16.8. The number of esters is 1. The van der Waals surface area contributed by atoms with Crippen molar-refractivity contribution in [1.29, 1.82) is 0 Å². The highest BCUT2D eigenvalue weighted by molar-refractivity contribution is 6.31. The molecule has 0 bridgehead atoms. The van der Waals surface area contributed by atoms with E-state index < -0.39 is 5.97 Å². The van der Waals surface area contributed by atoms with Gasteiger partial charge in [-0.15, -0.1) is 0 Å². The highest BCUT2D eigenvalue weighted by Crippen LogP contribution is 2.31. The van der Waals surface area contributed by atoms with Crippen LogP contribution in [0.15, 0.2) is 54.1 Å². The quantitative estimate of drug-likeness (QED) is 0.336. The molecule has 0 amide bonds. The standard InChI is InChI=1S/C23H18ClNO3/c1-13-4-6-19(14(2)8-13)21-12-17(23(26)28-21)10-16-9-15-11-18(27-3)5-7-20(15)25-22(16)24/h4-12H,1-3H3/b17-10-. The maximum atomic E-state index is 12.4. The largest absolute Gasteiger partial charge is 0.497 e. The lowest BCUT2D eigenvalue weighted by Crippen LogP contribution is -1.98. The fourth-order valence-electron chi connectivity index (χ4n) is 3.25. The van der Waals surface area contributed by atoms with Crippen LogP contribution >= 0.6 is 11.6 Å². The Kier molecular flexibility index (Phi) is 4.65. The van der Waals surface area contributed by atoms with Crippen LogP contribution in [0.5, 0.6) is 5.75 Å². The lowest BCUT2D eigenvalue weighted by molar-refractivity contribution is -0.130. The molecule has 0 spiro atoms. The molecule has 2 heterocycles. The summed E-state index contributed by atoms with van der Waals surface area (Å²) in [5.41, 5.74) is 4.95. The van der Waals surface area contributed by atoms with Gasteiger partial charge in [0.15, 0.2) is 0 Å². The first-order chi connectivity index (χ1) is 13.4. The second-order valence-corrected chi connectivity index (χ2v) is 7.10. The average Bonchev–Trinajstić information content (AvgIpc) is 3.02. The van der Waals surface area contributed by atoms with Gasteiger partial charge in [0, 0.05) is 16.5 Å². The summed E-state index contributed by atoms with van der Waals surface area (Å²) in [6, 6.07) is 13.5. The number of aryl methyl sites for hydroxylation is 2. The van der Waals surface area contributed by atoms with Crippen LogP contribution in [0.1, 0.15) is 22.3 Å². The minimum absolute atomic E-state index is 0.325. The molecule has 0 fully saturated rings. The van der Waals surface area contributed by atoms with E-state index in [1.165, 1.54) is 0 Å². The molecule has 4 rings (SSSR count). The minimum Gasteiger partial charge on any atom is -0.497 e. The Morgan fingerprint density at radius 1 is 1.11 bits per heavy atom. The molecule has 1 aliphatic heterocycles. The number of rotatable bonds is 3. The second-order valence-electron chi connectivity index (χ2n) is 6.74. The monoisotopic (exact) mass is 391 g/mol. The van der Waals surface area contributed by atoms with Crippen molar-refractivity contribution in [2.75, 3.05) is 7.11 Å². The molecule has 0 unspecified atom stereocenters. The Morgan fingerprint density at radius 3 is 2.68 bits per heavy atom. The van der Waals surface area contributed by atoms with Crippen molar-refractivity contribution in [1.82, 2.24) is 4.98 Å². The van der Waals surface area contributed by atoms with E-state index in [9.17, 15) is 4.79 Å². The molecule has 28 heavy (non-hydrogen) atoms. The van der Waals surface area contributed by atoms with Crippen molar-refractivity contribution in [2.24, 2.45) is 0 Å². The summed E-state index contributed by atoms with van der Waals surface area (Å²) in [7, 11) is 1.61. The zero-order valence-electron chi connectivity index (χ0n) is 15.7. The van der Waals surface area contributed by atoms with E-state index in [0.717, 1.165) is 33.3 Å². The zero-order valence-corrected chi connectivity index (χ0v) is 16.5. The Labute approximate surface area is 168 Å². The van der Waals surface area contributed by atoms with Gasteiger partial charge in [-0.2, -0.15) is 0 Å². The third-order valence-corrected chi connectivity index (χ3v) is 4.99. The van der Waals surface area contributed by atoms with Crippen molar-refractivity contribution in [3.8, 4) is 5.75 Å². The van der Waals surface area contributed by atoms with Crippen LogP contribution in [0, 0.1) is 13.8 Å². The highest BCUT2D eigenvalue weighted by Gasteiger charge is 2.23. The smallest absolute Gasteiger partial charge is 0.343 e. The minimum atomic E-state index is -0.406. The van der Waals surface area contributed by atoms with E-state index in [0.29, 0.717) is 22.0 Å². The summed E-state index contributed by atoms with van der Waals surface area (Å²) in [5.74, 6) is 0.865. The van der Waals surface area contributed by atoms with Crippen molar-refractivity contribution in [3.05, 3.63) is 81.5 Å². The molecule has 0 N–H and O–H groups in total. The molecule has 0 atom stereocenters. The van der Waals surface area contributed by atoms with Crippen LogP contribution < -0.4 is 4.74 Å². The van der Waals surface area contributed by atoms with Gasteiger partial charge in [0.1, 0.15) is 16.7 Å². The van der Waals surface area contributed by atoms with Crippen LogP contribution in [0.25, 0.3) is 22.7 Å². The van der Waals surface area contributed by atoms with Gasteiger partial charge in [-0.1, -0.05) is 35.4 Å². The molecular weight excluding hydrogens is 374 g/mol. The third kappa shape index (κ3) is 3.39. The van der Waals surface area contributed by atoms with E-state index in [4.69, 9.17) is 21.1 Å². The third-order valence-electron chi connectivity index (χ3n) is 4.69. The van der Waals surface area contributed by atoms with Gasteiger partial charge in [0.05, 0.1) is 18.2 Å². The Morgan fingerprint density at radius 2 is 1.93 bits per heavy atom. The lowest BCUT2D eigenvalue weighted by atomic mass is 10.0. The average molecular weight is 392 g/mol. The van der Waals surface area contributed by atoms with E-state index in [1.807, 2.05) is 50.2 Å². The molecule has 0 radical (unpaired) electrons. The highest BCUT2D eigenvalue weighted by atomic mass is 35.5. The summed E-state index contributed by atoms with van der Waals surface area (Å²) < 4.78 is 10.8. The van der Waals surface area contributed by atoms with E-state index in [1.54, 1.807) is 19.3 Å². The molecular formula is C23H18ClNO3. The Hall–Kier alpha value is -3.11. The molecule has 4 nitrogen and oxygen atoms in total. The Balaban J connectivity index is 1.76. The maximum Gasteiger partial charge on any atom is 0.343 e. The first-order valence-corrected chi connectivity index (χ1v) is 9.20. The summed E-state index contributed by atoms with van der Waals surface area (Å²) in [6.45, 7) is 4.02. The number of fused-ring (bicyclic) bond motifs is 1. The molecule has 0 saturated carbocycles. The van der Waals surface area contributed by atoms with Gasteiger partial charge in [-0.05, 0) is 55.8 Å². The van der Waals surface area contributed by atoms with Gasteiger partial charge in [-0.25, -0.2) is 9.78 Å². The van der Waals surface area contributed by atoms with E-state index >= 15 is 0 Å². The number of methoxy groups -OCH3 is 1. The van der Waals surface area contributed by atoms with Gasteiger partial charge < -0.3 is 9.47 Å². The molecule has 1 aromatic heterocycles. The predicted octanol–water partition coefficient (Wildman–Crippen LogP) is 5.49. The predicted molar refractivity (Wildman–Crippen MR) is 111 cm³/mol. The molecule has 3 aromatic rings. The number of halogens is 1.